The first-order valence-corrected chi connectivity index (χ1v) is 11.7. The van der Waals surface area contributed by atoms with Crippen LogP contribution in [0.3, 0.4) is 0 Å². The van der Waals surface area contributed by atoms with Crippen molar-refractivity contribution >= 4 is 6.03 Å². The number of carbonyl (C=O) groups excluding carboxylic acids is 1. The van der Waals surface area contributed by atoms with Crippen LogP contribution in [0.1, 0.15) is 50.7 Å². The normalized spacial score (nSPS) is 27.7. The highest BCUT2D eigenvalue weighted by atomic mass is 16.2. The number of nitrogens with zero attached hydrogens (tertiary/aromatic N) is 3. The number of likely N-dealkylation sites (tertiary alicyclic amines) is 2. The van der Waals surface area contributed by atoms with Crippen LogP contribution in [0.25, 0.3) is 11.1 Å². The monoisotopic (exact) mass is 419 g/mol. The minimum atomic E-state index is 0.0133. The number of hydrogen-bond donors (Lipinski definition) is 0. The van der Waals surface area contributed by atoms with E-state index in [4.69, 9.17) is 0 Å². The van der Waals surface area contributed by atoms with Crippen molar-refractivity contribution in [2.75, 3.05) is 19.6 Å². The molecule has 5 heteroatoms. The number of rotatable bonds is 1. The molecule has 2 fully saturated rings. The predicted octanol–water partition coefficient (Wildman–Crippen LogP) is 4.18. The first-order chi connectivity index (χ1) is 14.9. The number of urea groups is 1. The van der Waals surface area contributed by atoms with Gasteiger partial charge in [-0.05, 0) is 71.8 Å². The van der Waals surface area contributed by atoms with Crippen molar-refractivity contribution in [3.63, 3.8) is 0 Å². The molecule has 3 heterocycles. The van der Waals surface area contributed by atoms with Gasteiger partial charge in [0.1, 0.15) is 0 Å². The summed E-state index contributed by atoms with van der Waals surface area (Å²) in [5.41, 5.74) is 4.90. The summed E-state index contributed by atoms with van der Waals surface area (Å²) < 4.78 is 1.60. The number of piperidine rings is 2. The Balaban J connectivity index is 1.48. The molecule has 3 atom stereocenters. The van der Waals surface area contributed by atoms with Gasteiger partial charge in [-0.2, -0.15) is 0 Å². The lowest BCUT2D eigenvalue weighted by molar-refractivity contribution is 0.0386. The molecule has 2 amide bonds. The van der Waals surface area contributed by atoms with Gasteiger partial charge in [-0.1, -0.05) is 32.0 Å². The zero-order chi connectivity index (χ0) is 21.8. The van der Waals surface area contributed by atoms with Crippen LogP contribution in [0.15, 0.2) is 41.3 Å². The van der Waals surface area contributed by atoms with Crippen LogP contribution in [0.2, 0.25) is 0 Å². The van der Waals surface area contributed by atoms with E-state index in [1.165, 1.54) is 17.5 Å². The molecule has 3 aliphatic rings. The third kappa shape index (κ3) is 3.29. The number of pyridine rings is 1. The van der Waals surface area contributed by atoms with E-state index in [0.29, 0.717) is 5.92 Å². The third-order valence-electron chi connectivity index (χ3n) is 8.32. The molecule has 164 valence electrons. The smallest absolute Gasteiger partial charge is 0.320 e. The van der Waals surface area contributed by atoms with Gasteiger partial charge in [0, 0.05) is 45.0 Å². The second-order valence-corrected chi connectivity index (χ2v) is 9.99. The van der Waals surface area contributed by atoms with Gasteiger partial charge in [0.2, 0.25) is 0 Å². The lowest BCUT2D eigenvalue weighted by atomic mass is 9.59. The summed E-state index contributed by atoms with van der Waals surface area (Å²) in [5, 5.41) is 0. The topological polar surface area (TPSA) is 45.6 Å². The highest BCUT2D eigenvalue weighted by Crippen LogP contribution is 2.49. The standard InChI is InChI=1S/C26H33N3O2/c1-18-23-16-21-8-7-19(20-9-13-27(3)24(30)17-20)15-22(21)26(18,2)10-14-29(23)25(31)28-11-5-4-6-12-28/h7-9,13,15,17-18,23H,4-6,10-12,14,16H2,1-3H3/t18-,23-,26-/m1/s1. The van der Waals surface area contributed by atoms with E-state index in [2.05, 4.69) is 41.8 Å². The lowest BCUT2D eigenvalue weighted by Gasteiger charge is -2.55. The minimum absolute atomic E-state index is 0.0133. The fourth-order valence-electron chi connectivity index (χ4n) is 6.03. The quantitative estimate of drug-likeness (QED) is 0.696. The summed E-state index contributed by atoms with van der Waals surface area (Å²) in [6.45, 7) is 7.35. The van der Waals surface area contributed by atoms with Crippen molar-refractivity contribution in [1.29, 1.82) is 0 Å². The van der Waals surface area contributed by atoms with Crippen molar-refractivity contribution in [3.05, 3.63) is 58.0 Å². The van der Waals surface area contributed by atoms with Gasteiger partial charge in [-0.3, -0.25) is 4.79 Å². The number of benzene rings is 1. The number of aryl methyl sites for hydroxylation is 1. The van der Waals surface area contributed by atoms with E-state index in [0.717, 1.165) is 56.4 Å². The Morgan fingerprint density at radius 1 is 1.03 bits per heavy atom. The summed E-state index contributed by atoms with van der Waals surface area (Å²) in [4.78, 5) is 29.7. The Labute approximate surface area is 184 Å². The van der Waals surface area contributed by atoms with Gasteiger partial charge in [-0.15, -0.1) is 0 Å². The molecular formula is C26H33N3O2. The zero-order valence-corrected chi connectivity index (χ0v) is 18.9. The van der Waals surface area contributed by atoms with Gasteiger partial charge in [-0.25, -0.2) is 4.79 Å². The van der Waals surface area contributed by atoms with Gasteiger partial charge in [0.25, 0.3) is 5.56 Å². The van der Waals surface area contributed by atoms with Gasteiger partial charge in [0.05, 0.1) is 0 Å². The molecular weight excluding hydrogens is 386 g/mol. The summed E-state index contributed by atoms with van der Waals surface area (Å²) in [7, 11) is 1.78. The number of aromatic nitrogens is 1. The van der Waals surface area contributed by atoms with E-state index in [1.807, 2.05) is 12.3 Å². The third-order valence-corrected chi connectivity index (χ3v) is 8.32. The molecule has 5 nitrogen and oxygen atoms in total. The van der Waals surface area contributed by atoms with E-state index < -0.39 is 0 Å². The van der Waals surface area contributed by atoms with E-state index in [1.54, 1.807) is 17.7 Å². The molecule has 0 N–H and O–H groups in total. The van der Waals surface area contributed by atoms with Crippen LogP contribution in [0.5, 0.6) is 0 Å². The van der Waals surface area contributed by atoms with Crippen LogP contribution >= 0.6 is 0 Å². The maximum atomic E-state index is 13.3. The molecule has 1 aromatic carbocycles. The van der Waals surface area contributed by atoms with Crippen LogP contribution in [-0.2, 0) is 18.9 Å². The van der Waals surface area contributed by atoms with Crippen LogP contribution in [0.4, 0.5) is 4.79 Å². The van der Waals surface area contributed by atoms with Gasteiger partial charge >= 0.3 is 6.03 Å². The Kier molecular flexibility index (Phi) is 4.95. The Hall–Kier alpha value is -2.56. The summed E-state index contributed by atoms with van der Waals surface area (Å²) in [5.74, 6) is 0.404. The molecule has 0 radical (unpaired) electrons. The van der Waals surface area contributed by atoms with Crippen molar-refractivity contribution in [2.45, 2.75) is 57.4 Å². The second-order valence-electron chi connectivity index (χ2n) is 9.99. The highest BCUT2D eigenvalue weighted by Gasteiger charge is 2.50. The molecule has 5 rings (SSSR count). The molecule has 1 aromatic heterocycles. The molecule has 31 heavy (non-hydrogen) atoms. The predicted molar refractivity (Wildman–Crippen MR) is 123 cm³/mol. The van der Waals surface area contributed by atoms with Crippen molar-refractivity contribution in [2.24, 2.45) is 13.0 Å². The molecule has 2 bridgehead atoms. The maximum absolute atomic E-state index is 13.3. The van der Waals surface area contributed by atoms with Crippen LogP contribution < -0.4 is 5.56 Å². The van der Waals surface area contributed by atoms with Crippen LogP contribution in [-0.4, -0.2) is 46.1 Å². The first kappa shape index (κ1) is 20.3. The Morgan fingerprint density at radius 3 is 2.52 bits per heavy atom. The molecule has 0 unspecified atom stereocenters. The number of hydrogen-bond acceptors (Lipinski definition) is 2. The van der Waals surface area contributed by atoms with Crippen molar-refractivity contribution < 1.29 is 4.79 Å². The second kappa shape index (κ2) is 7.54. The first-order valence-electron chi connectivity index (χ1n) is 11.7. The summed E-state index contributed by atoms with van der Waals surface area (Å²) >= 11 is 0. The summed E-state index contributed by atoms with van der Waals surface area (Å²) in [6.07, 6.45) is 7.24. The Morgan fingerprint density at radius 2 is 1.77 bits per heavy atom. The fraction of sp³-hybridized carbons (Fsp3) is 0.538. The molecule has 2 saturated heterocycles. The number of carbonyl (C=O) groups is 1. The molecule has 2 aliphatic heterocycles. The largest absolute Gasteiger partial charge is 0.325 e. The van der Waals surface area contributed by atoms with Gasteiger partial charge in [0.15, 0.2) is 0 Å². The SMILES string of the molecule is C[C@@H]1[C@H]2Cc3ccc(-c4ccn(C)c(=O)c4)cc3[C@]1(C)CCN2C(=O)N1CCCCC1. The molecule has 1 aliphatic carbocycles. The van der Waals surface area contributed by atoms with E-state index in [9.17, 15) is 9.59 Å². The Bertz CT molecular complexity index is 1070. The number of fused-ring (bicyclic) bond motifs is 4. The van der Waals surface area contributed by atoms with Crippen LogP contribution in [0, 0.1) is 5.92 Å². The molecule has 0 spiro atoms. The summed E-state index contributed by atoms with van der Waals surface area (Å²) in [6, 6.07) is 10.9. The van der Waals surface area contributed by atoms with E-state index >= 15 is 0 Å². The van der Waals surface area contributed by atoms with Crippen molar-refractivity contribution in [1.82, 2.24) is 14.4 Å². The average Bonchev–Trinajstić information content (AvgIpc) is 2.78. The average molecular weight is 420 g/mol. The maximum Gasteiger partial charge on any atom is 0.320 e. The van der Waals surface area contributed by atoms with Gasteiger partial charge < -0.3 is 14.4 Å². The fourth-order valence-corrected chi connectivity index (χ4v) is 6.03. The minimum Gasteiger partial charge on any atom is -0.325 e. The zero-order valence-electron chi connectivity index (χ0n) is 18.9. The number of amides is 2. The molecule has 2 aromatic rings. The highest BCUT2D eigenvalue weighted by molar-refractivity contribution is 5.75. The molecule has 0 saturated carbocycles. The van der Waals surface area contributed by atoms with Crippen molar-refractivity contribution in [3.8, 4) is 11.1 Å². The van der Waals surface area contributed by atoms with E-state index in [-0.39, 0.29) is 23.0 Å². The lowest BCUT2D eigenvalue weighted by Crippen LogP contribution is -2.62.